The van der Waals surface area contributed by atoms with Gasteiger partial charge in [0, 0.05) is 54.4 Å². The Morgan fingerprint density at radius 1 is 0.593 bits per heavy atom. The Labute approximate surface area is 309 Å². The molecule has 0 unspecified atom stereocenters. The Hall–Kier alpha value is -7.79. The summed E-state index contributed by atoms with van der Waals surface area (Å²) in [5.74, 6) is -0.327. The monoisotopic (exact) mass is 706 g/mol. The number of anilines is 1. The van der Waals surface area contributed by atoms with Crippen LogP contribution in [0.1, 0.15) is 10.5 Å². The number of pyridine rings is 2. The first kappa shape index (κ1) is 33.4. The molecule has 9 aromatic rings. The molecule has 5 heterocycles. The fourth-order valence-electron chi connectivity index (χ4n) is 6.11. The predicted octanol–water partition coefficient (Wildman–Crippen LogP) is 9.29. The van der Waals surface area contributed by atoms with Crippen molar-refractivity contribution in [1.29, 1.82) is 0 Å². The van der Waals surface area contributed by atoms with Gasteiger partial charge in [-0.25, -0.2) is 15.0 Å². The lowest BCUT2D eigenvalue weighted by molar-refractivity contribution is -0.383. The zero-order valence-corrected chi connectivity index (χ0v) is 28.6. The number of fused-ring (bicyclic) bond motifs is 2. The predicted molar refractivity (Wildman–Crippen MR) is 209 cm³/mol. The van der Waals surface area contributed by atoms with Gasteiger partial charge in [0.05, 0.1) is 28.2 Å². The van der Waals surface area contributed by atoms with Crippen molar-refractivity contribution in [3.8, 4) is 44.8 Å². The highest BCUT2D eigenvalue weighted by Crippen LogP contribution is 2.29. The number of amides is 1. The standard InChI is InChI=1S/C24H17N5O.C19H13N3O2/c30-24(21-15-25-11-12-26-21)28-20-10-5-13-29-16-22(27-23(20)29)19-9-4-8-18(14-19)17-6-2-1-3-7-17;23-22(24)18-10-5-11-21-13-17(20-19(18)21)16-9-4-8-15(12-16)14-6-2-1-3-7-14/h1-16H,(H,28,30);1-13H. The molecule has 11 heteroatoms. The maximum Gasteiger partial charge on any atom is 0.312 e. The van der Waals surface area contributed by atoms with Crippen LogP contribution >= 0.6 is 0 Å². The molecule has 1 amide bonds. The molecule has 9 rings (SSSR count). The minimum absolute atomic E-state index is 0.00274. The molecule has 1 N–H and O–H groups in total. The van der Waals surface area contributed by atoms with E-state index in [-0.39, 0.29) is 17.3 Å². The molecular formula is C43H30N8O3. The normalized spacial score (nSPS) is 10.8. The first-order chi connectivity index (χ1) is 26.5. The maximum absolute atomic E-state index is 12.5. The summed E-state index contributed by atoms with van der Waals surface area (Å²) in [7, 11) is 0. The Morgan fingerprint density at radius 3 is 1.70 bits per heavy atom. The van der Waals surface area contributed by atoms with Crippen LogP contribution in [0, 0.1) is 10.1 Å². The van der Waals surface area contributed by atoms with Crippen LogP contribution in [0.25, 0.3) is 56.1 Å². The Bertz CT molecular complexity index is 2750. The lowest BCUT2D eigenvalue weighted by Gasteiger charge is -2.05. The number of carbonyl (C=O) groups is 1. The lowest BCUT2D eigenvalue weighted by atomic mass is 10.0. The molecule has 0 aliphatic heterocycles. The summed E-state index contributed by atoms with van der Waals surface area (Å²) in [6.45, 7) is 0. The third-order valence-electron chi connectivity index (χ3n) is 8.72. The molecule has 4 aromatic carbocycles. The molecule has 0 radical (unpaired) electrons. The number of nitrogens with one attached hydrogen (secondary N) is 1. The molecule has 0 bridgehead atoms. The summed E-state index contributed by atoms with van der Waals surface area (Å²) in [5.41, 5.74) is 9.83. The van der Waals surface area contributed by atoms with Crippen LogP contribution in [-0.2, 0) is 0 Å². The van der Waals surface area contributed by atoms with Crippen molar-refractivity contribution in [3.63, 3.8) is 0 Å². The van der Waals surface area contributed by atoms with E-state index < -0.39 is 4.92 Å². The SMILES string of the molecule is O=C(Nc1cccn2cc(-c3cccc(-c4ccccc4)c3)nc12)c1cnccn1.O=[N+]([O-])c1cccn2cc(-c3cccc(-c4ccccc4)c3)nc12. The van der Waals surface area contributed by atoms with Gasteiger partial charge in [0.15, 0.2) is 5.65 Å². The molecule has 0 saturated heterocycles. The van der Waals surface area contributed by atoms with Crippen molar-refractivity contribution < 1.29 is 9.72 Å². The van der Waals surface area contributed by atoms with E-state index in [0.29, 0.717) is 22.7 Å². The zero-order valence-electron chi connectivity index (χ0n) is 28.6. The molecule has 0 fully saturated rings. The van der Waals surface area contributed by atoms with Gasteiger partial charge < -0.3 is 14.1 Å². The van der Waals surface area contributed by atoms with Crippen LogP contribution in [0.15, 0.2) is 177 Å². The summed E-state index contributed by atoms with van der Waals surface area (Å²) in [6, 6.07) is 43.4. The number of hydrogen-bond acceptors (Lipinski definition) is 7. The van der Waals surface area contributed by atoms with E-state index in [0.717, 1.165) is 39.1 Å². The summed E-state index contributed by atoms with van der Waals surface area (Å²) in [6.07, 6.45) is 11.9. The van der Waals surface area contributed by atoms with Gasteiger partial charge in [-0.15, -0.1) is 0 Å². The average molecular weight is 707 g/mol. The second-order valence-corrected chi connectivity index (χ2v) is 12.2. The summed E-state index contributed by atoms with van der Waals surface area (Å²) >= 11 is 0. The van der Waals surface area contributed by atoms with Gasteiger partial charge in [0.1, 0.15) is 5.69 Å². The first-order valence-corrected chi connectivity index (χ1v) is 17.0. The molecule has 54 heavy (non-hydrogen) atoms. The van der Waals surface area contributed by atoms with Gasteiger partial charge in [0.25, 0.3) is 5.91 Å². The molecule has 0 aliphatic carbocycles. The fraction of sp³-hybridized carbons (Fsp3) is 0. The van der Waals surface area contributed by atoms with Crippen molar-refractivity contribution in [1.82, 2.24) is 28.7 Å². The van der Waals surface area contributed by atoms with E-state index in [9.17, 15) is 14.9 Å². The fourth-order valence-corrected chi connectivity index (χ4v) is 6.11. The Balaban J connectivity index is 0.000000157. The molecule has 0 atom stereocenters. The van der Waals surface area contributed by atoms with Gasteiger partial charge in [0.2, 0.25) is 5.65 Å². The van der Waals surface area contributed by atoms with Crippen LogP contribution in [0.3, 0.4) is 0 Å². The molecule has 0 saturated carbocycles. The quantitative estimate of drug-likeness (QED) is 0.129. The second-order valence-electron chi connectivity index (χ2n) is 12.2. The van der Waals surface area contributed by atoms with Crippen LogP contribution in [0.4, 0.5) is 11.4 Å². The third-order valence-corrected chi connectivity index (χ3v) is 8.72. The highest BCUT2D eigenvalue weighted by molar-refractivity contribution is 6.04. The van der Waals surface area contributed by atoms with Gasteiger partial charge in [-0.2, -0.15) is 0 Å². The Morgan fingerprint density at radius 2 is 1.13 bits per heavy atom. The van der Waals surface area contributed by atoms with E-state index in [1.807, 2.05) is 120 Å². The molecule has 0 spiro atoms. The van der Waals surface area contributed by atoms with Crippen molar-refractivity contribution in [2.24, 2.45) is 0 Å². The third kappa shape index (κ3) is 7.05. The number of nitrogens with zero attached hydrogens (tertiary/aromatic N) is 7. The van der Waals surface area contributed by atoms with E-state index >= 15 is 0 Å². The molecular weight excluding hydrogens is 677 g/mol. The molecule has 11 nitrogen and oxygen atoms in total. The number of nitro groups is 1. The van der Waals surface area contributed by atoms with E-state index in [2.05, 4.69) is 44.5 Å². The summed E-state index contributed by atoms with van der Waals surface area (Å²) < 4.78 is 3.58. The number of aromatic nitrogens is 6. The van der Waals surface area contributed by atoms with Gasteiger partial charge in [-0.3, -0.25) is 19.9 Å². The Kier molecular flexibility index (Phi) is 9.16. The van der Waals surface area contributed by atoms with Crippen LogP contribution in [0.2, 0.25) is 0 Å². The van der Waals surface area contributed by atoms with Gasteiger partial charge in [-0.1, -0.05) is 97.1 Å². The van der Waals surface area contributed by atoms with Crippen molar-refractivity contribution in [2.45, 2.75) is 0 Å². The molecule has 260 valence electrons. The van der Waals surface area contributed by atoms with E-state index in [1.54, 1.807) is 16.7 Å². The smallest absolute Gasteiger partial charge is 0.312 e. The summed E-state index contributed by atoms with van der Waals surface area (Å²) in [4.78, 5) is 40.5. The number of rotatable bonds is 7. The average Bonchev–Trinajstić information content (AvgIpc) is 3.88. The topological polar surface area (TPSA) is 133 Å². The lowest BCUT2D eigenvalue weighted by Crippen LogP contribution is -2.14. The first-order valence-electron chi connectivity index (χ1n) is 17.0. The van der Waals surface area contributed by atoms with Crippen LogP contribution in [-0.4, -0.2) is 39.6 Å². The van der Waals surface area contributed by atoms with Gasteiger partial charge >= 0.3 is 5.69 Å². The zero-order chi connectivity index (χ0) is 36.9. The van der Waals surface area contributed by atoms with E-state index in [4.69, 9.17) is 4.98 Å². The number of imidazole rings is 2. The number of hydrogen-bond donors (Lipinski definition) is 1. The minimum atomic E-state index is -0.410. The highest BCUT2D eigenvalue weighted by Gasteiger charge is 2.16. The highest BCUT2D eigenvalue weighted by atomic mass is 16.6. The van der Waals surface area contributed by atoms with Crippen LogP contribution in [0.5, 0.6) is 0 Å². The van der Waals surface area contributed by atoms with E-state index in [1.165, 1.54) is 24.7 Å². The second kappa shape index (κ2) is 14.8. The van der Waals surface area contributed by atoms with Crippen molar-refractivity contribution in [2.75, 3.05) is 5.32 Å². The maximum atomic E-state index is 12.5. The molecule has 5 aromatic heterocycles. The van der Waals surface area contributed by atoms with Gasteiger partial charge in [-0.05, 0) is 52.6 Å². The van der Waals surface area contributed by atoms with Crippen molar-refractivity contribution in [3.05, 3.63) is 193 Å². The summed E-state index contributed by atoms with van der Waals surface area (Å²) in [5, 5.41) is 14.0. The molecule has 0 aliphatic rings. The largest absolute Gasteiger partial charge is 0.317 e. The minimum Gasteiger partial charge on any atom is -0.317 e. The van der Waals surface area contributed by atoms with Crippen LogP contribution < -0.4 is 5.32 Å². The number of benzene rings is 4. The van der Waals surface area contributed by atoms with Crippen molar-refractivity contribution >= 4 is 28.6 Å². The number of carbonyl (C=O) groups excluding carboxylic acids is 1.